The summed E-state index contributed by atoms with van der Waals surface area (Å²) in [5.41, 5.74) is 6.45. The third-order valence-electron chi connectivity index (χ3n) is 9.31. The van der Waals surface area contributed by atoms with Crippen molar-refractivity contribution in [1.29, 1.82) is 5.26 Å². The van der Waals surface area contributed by atoms with E-state index < -0.39 is 12.1 Å². The molecule has 0 spiro atoms. The normalized spacial score (nSPS) is 17.9. The summed E-state index contributed by atoms with van der Waals surface area (Å²) in [6.07, 6.45) is 5.98. The first-order valence-corrected chi connectivity index (χ1v) is 18.3. The van der Waals surface area contributed by atoms with Crippen molar-refractivity contribution >= 4 is 74.9 Å². The van der Waals surface area contributed by atoms with Crippen LogP contribution < -0.4 is 14.5 Å². The predicted molar refractivity (Wildman–Crippen MR) is 209 cm³/mol. The molecular formula is C40H34Cl3N5O2S. The topological polar surface area (TPSA) is 74.4 Å². The van der Waals surface area contributed by atoms with E-state index in [0.717, 1.165) is 50.6 Å². The SMILES string of the molecule is Cc1nn(-c2ccccc2)c(Cl)c1/C=C/C1=Cc2c(sc(N3C(=O)[C@@H](Oc4ccc(Cl)cc4Cl)[C@H]3c3ccc(N(C)C)cc3)c2C#N)C(C)(C)C1. The quantitative estimate of drug-likeness (QED) is 0.148. The number of anilines is 2. The van der Waals surface area contributed by atoms with E-state index in [1.54, 1.807) is 27.8 Å². The minimum absolute atomic E-state index is 0.250. The molecule has 1 fully saturated rings. The summed E-state index contributed by atoms with van der Waals surface area (Å²) >= 11 is 20.9. The molecule has 1 aliphatic heterocycles. The molecule has 51 heavy (non-hydrogen) atoms. The van der Waals surface area contributed by atoms with Crippen LogP contribution in [0.2, 0.25) is 15.2 Å². The van der Waals surface area contributed by atoms with Gasteiger partial charge in [-0.3, -0.25) is 9.69 Å². The molecule has 2 aromatic heterocycles. The highest BCUT2D eigenvalue weighted by molar-refractivity contribution is 7.17. The van der Waals surface area contributed by atoms with Gasteiger partial charge in [0.1, 0.15) is 28.0 Å². The number of benzene rings is 3. The minimum Gasteiger partial charge on any atom is -0.476 e. The molecule has 0 saturated carbocycles. The highest BCUT2D eigenvalue weighted by Crippen LogP contribution is 2.53. The van der Waals surface area contributed by atoms with E-state index in [4.69, 9.17) is 39.5 Å². The number of β-lactam (4-membered cyclic amide) rings is 1. The number of amides is 1. The number of carbonyl (C=O) groups excluding carboxylic acids is 1. The lowest BCUT2D eigenvalue weighted by Crippen LogP contribution is -2.61. The number of nitriles is 1. The van der Waals surface area contributed by atoms with Crippen LogP contribution in [-0.4, -0.2) is 35.9 Å². The second-order valence-corrected chi connectivity index (χ2v) is 15.7. The van der Waals surface area contributed by atoms with Crippen LogP contribution >= 0.6 is 46.1 Å². The molecule has 3 heterocycles. The van der Waals surface area contributed by atoms with Crippen LogP contribution in [0.5, 0.6) is 5.75 Å². The lowest BCUT2D eigenvalue weighted by Gasteiger charge is -2.46. The molecule has 1 aliphatic carbocycles. The van der Waals surface area contributed by atoms with E-state index in [-0.39, 0.29) is 11.3 Å². The van der Waals surface area contributed by atoms with Crippen LogP contribution in [0.15, 0.2) is 84.4 Å². The van der Waals surface area contributed by atoms with Crippen LogP contribution in [-0.2, 0) is 10.2 Å². The van der Waals surface area contributed by atoms with Crippen molar-refractivity contribution in [3.63, 3.8) is 0 Å². The first-order valence-electron chi connectivity index (χ1n) is 16.4. The van der Waals surface area contributed by atoms with Gasteiger partial charge in [-0.1, -0.05) is 85.1 Å². The van der Waals surface area contributed by atoms with Crippen molar-refractivity contribution in [3.8, 4) is 17.5 Å². The number of allylic oxidation sites excluding steroid dienone is 2. The van der Waals surface area contributed by atoms with Gasteiger partial charge in [0.05, 0.1) is 22.0 Å². The molecule has 0 bridgehead atoms. The summed E-state index contributed by atoms with van der Waals surface area (Å²) in [7, 11) is 3.95. The molecule has 11 heteroatoms. The Morgan fingerprint density at radius 1 is 1.04 bits per heavy atom. The molecule has 0 N–H and O–H groups in total. The average molecular weight is 755 g/mol. The Kier molecular flexibility index (Phi) is 9.28. The van der Waals surface area contributed by atoms with Gasteiger partial charge in [0.15, 0.2) is 0 Å². The number of halogens is 3. The van der Waals surface area contributed by atoms with E-state index >= 15 is 0 Å². The van der Waals surface area contributed by atoms with E-state index in [1.165, 1.54) is 11.3 Å². The summed E-state index contributed by atoms with van der Waals surface area (Å²) in [5.74, 6) is 0.116. The molecular weight excluding hydrogens is 721 g/mol. The van der Waals surface area contributed by atoms with E-state index in [0.29, 0.717) is 31.5 Å². The summed E-state index contributed by atoms with van der Waals surface area (Å²) < 4.78 is 8.03. The number of carbonyl (C=O) groups is 1. The maximum atomic E-state index is 14.1. The number of nitrogens with zero attached hydrogens (tertiary/aromatic N) is 5. The molecule has 3 aromatic carbocycles. The monoisotopic (exact) mass is 753 g/mol. The van der Waals surface area contributed by atoms with Crippen molar-refractivity contribution in [3.05, 3.63) is 132 Å². The van der Waals surface area contributed by atoms with Crippen molar-refractivity contribution in [1.82, 2.24) is 9.78 Å². The molecule has 258 valence electrons. The van der Waals surface area contributed by atoms with Crippen molar-refractivity contribution in [2.24, 2.45) is 0 Å². The van der Waals surface area contributed by atoms with Crippen molar-refractivity contribution < 1.29 is 9.53 Å². The fourth-order valence-electron chi connectivity index (χ4n) is 6.72. The Balaban J connectivity index is 1.26. The number of thiophene rings is 1. The Labute approximate surface area is 316 Å². The second-order valence-electron chi connectivity index (χ2n) is 13.5. The number of hydrogen-bond acceptors (Lipinski definition) is 6. The van der Waals surface area contributed by atoms with Gasteiger partial charge in [0.2, 0.25) is 6.10 Å². The van der Waals surface area contributed by atoms with Crippen molar-refractivity contribution in [2.45, 2.75) is 44.8 Å². The van der Waals surface area contributed by atoms with Crippen LogP contribution in [0.3, 0.4) is 0 Å². The summed E-state index contributed by atoms with van der Waals surface area (Å²) in [6.45, 7) is 6.28. The van der Waals surface area contributed by atoms with Gasteiger partial charge in [-0.15, -0.1) is 11.3 Å². The Bertz CT molecular complexity index is 2270. The fraction of sp³-hybridized carbons (Fsp3) is 0.225. The zero-order chi connectivity index (χ0) is 36.2. The maximum absolute atomic E-state index is 14.1. The van der Waals surface area contributed by atoms with Gasteiger partial charge in [0.25, 0.3) is 5.91 Å². The molecule has 0 unspecified atom stereocenters. The molecule has 7 rings (SSSR count). The Hall–Kier alpha value is -4.52. The van der Waals surface area contributed by atoms with E-state index in [1.807, 2.05) is 86.6 Å². The van der Waals surface area contributed by atoms with E-state index in [2.05, 4.69) is 37.2 Å². The Morgan fingerprint density at radius 3 is 2.43 bits per heavy atom. The lowest BCUT2D eigenvalue weighted by atomic mass is 9.77. The number of rotatable bonds is 8. The zero-order valence-corrected chi connectivity index (χ0v) is 31.7. The maximum Gasteiger partial charge on any atom is 0.272 e. The van der Waals surface area contributed by atoms with Gasteiger partial charge < -0.3 is 9.64 Å². The molecule has 1 saturated heterocycles. The molecule has 2 atom stereocenters. The number of ether oxygens (including phenoxy) is 1. The van der Waals surface area contributed by atoms with Crippen molar-refractivity contribution in [2.75, 3.05) is 23.9 Å². The minimum atomic E-state index is -0.855. The van der Waals surface area contributed by atoms with Crippen LogP contribution in [0.25, 0.3) is 17.8 Å². The average Bonchev–Trinajstić information content (AvgIpc) is 3.61. The van der Waals surface area contributed by atoms with Crippen LogP contribution in [0.4, 0.5) is 10.7 Å². The highest BCUT2D eigenvalue weighted by Gasteiger charge is 2.53. The fourth-order valence-corrected chi connectivity index (χ4v) is 8.88. The molecule has 5 aromatic rings. The molecule has 1 amide bonds. The second kappa shape index (κ2) is 13.6. The summed E-state index contributed by atoms with van der Waals surface area (Å²) in [5, 5.41) is 17.3. The number of fused-ring (bicyclic) bond motifs is 1. The third-order valence-corrected chi connectivity index (χ3v) is 11.8. The van der Waals surface area contributed by atoms with Gasteiger partial charge in [-0.2, -0.15) is 10.4 Å². The zero-order valence-electron chi connectivity index (χ0n) is 28.6. The third kappa shape index (κ3) is 6.34. The molecule has 0 radical (unpaired) electrons. The first kappa shape index (κ1) is 34.9. The number of aryl methyl sites for hydroxylation is 1. The Morgan fingerprint density at radius 2 is 1.76 bits per heavy atom. The predicted octanol–water partition coefficient (Wildman–Crippen LogP) is 10.5. The summed E-state index contributed by atoms with van der Waals surface area (Å²) in [4.78, 5) is 18.9. The first-order chi connectivity index (χ1) is 24.4. The largest absolute Gasteiger partial charge is 0.476 e. The smallest absolute Gasteiger partial charge is 0.272 e. The number of aromatic nitrogens is 2. The summed E-state index contributed by atoms with van der Waals surface area (Å²) in [6, 6.07) is 24.7. The van der Waals surface area contributed by atoms with Crippen LogP contribution in [0, 0.1) is 18.3 Å². The van der Waals surface area contributed by atoms with Gasteiger partial charge in [0, 0.05) is 46.2 Å². The van der Waals surface area contributed by atoms with Gasteiger partial charge in [-0.05, 0) is 79.1 Å². The van der Waals surface area contributed by atoms with Crippen LogP contribution in [0.1, 0.15) is 59.1 Å². The molecule has 2 aliphatic rings. The number of para-hydroxylation sites is 1. The lowest BCUT2D eigenvalue weighted by molar-refractivity contribution is -0.134. The highest BCUT2D eigenvalue weighted by atomic mass is 35.5. The number of hydrogen-bond donors (Lipinski definition) is 0. The molecule has 7 nitrogen and oxygen atoms in total. The van der Waals surface area contributed by atoms with Gasteiger partial charge >= 0.3 is 0 Å². The van der Waals surface area contributed by atoms with Gasteiger partial charge in [-0.25, -0.2) is 4.68 Å². The standard InChI is InChI=1S/C40H34Cl3N5O2S/c1-23-29(37(43)48(45-23)28-9-7-6-8-10-28)17-11-24-19-30-31(22-44)39(51-36(30)40(2,3)21-24)47-34(25-12-15-27(16-13-25)46(4)5)35(38(47)49)50-33-18-14-26(41)20-32(33)42/h6-20,34-35H,21H2,1-5H3/b17-11+/t34-,35+/m1/s1. The van der Waals surface area contributed by atoms with E-state index in [9.17, 15) is 10.1 Å².